The van der Waals surface area contributed by atoms with Gasteiger partial charge in [0, 0.05) is 9.13 Å². The summed E-state index contributed by atoms with van der Waals surface area (Å²) in [5, 5.41) is 9.84. The van der Waals surface area contributed by atoms with Gasteiger partial charge in [-0.1, -0.05) is 0 Å². The van der Waals surface area contributed by atoms with Crippen molar-refractivity contribution < 1.29 is 19.0 Å². The highest BCUT2D eigenvalue weighted by atomic mass is 127. The van der Waals surface area contributed by atoms with Gasteiger partial charge in [0.15, 0.2) is 0 Å². The molecule has 0 aromatic heterocycles. The number of alkyl halides is 1. The van der Waals surface area contributed by atoms with E-state index in [2.05, 4.69) is 4.74 Å². The van der Waals surface area contributed by atoms with Gasteiger partial charge in [0.05, 0.1) is 16.2 Å². The lowest BCUT2D eigenvalue weighted by atomic mass is 10.0. The zero-order valence-electron chi connectivity index (χ0n) is 9.90. The molecule has 8 heteroatoms. The number of hydrogen-bond donors (Lipinski definition) is 2. The van der Waals surface area contributed by atoms with Crippen LogP contribution in [0.15, 0.2) is 12.1 Å². The molecule has 1 aromatic carbocycles. The summed E-state index contributed by atoms with van der Waals surface area (Å²) in [6.45, 7) is 1.67. The minimum absolute atomic E-state index is 0. The second-order valence-corrected chi connectivity index (χ2v) is 5.91. The van der Waals surface area contributed by atoms with Crippen molar-refractivity contribution in [2.24, 2.45) is 5.73 Å². The molecular weight excluding hydrogens is 502 g/mol. The first-order valence-electron chi connectivity index (χ1n) is 5.12. The molecule has 0 saturated carbocycles. The number of benzene rings is 1. The normalized spacial score (nSPS) is 13.3. The average Bonchev–Trinajstić information content (AvgIpc) is 2.32. The van der Waals surface area contributed by atoms with E-state index >= 15 is 0 Å². The molecule has 0 aliphatic rings. The molecule has 0 fully saturated rings. The fourth-order valence-electron chi connectivity index (χ4n) is 1.37. The predicted molar refractivity (Wildman–Crippen MR) is 89.2 cm³/mol. The number of nitrogens with two attached hydrogens (primary N) is 1. The van der Waals surface area contributed by atoms with Crippen molar-refractivity contribution in [3.63, 3.8) is 0 Å². The van der Waals surface area contributed by atoms with E-state index in [4.69, 9.17) is 5.73 Å². The summed E-state index contributed by atoms with van der Waals surface area (Å²) in [6.07, 6.45) is -2.00. The van der Waals surface area contributed by atoms with Crippen molar-refractivity contribution in [2.45, 2.75) is 19.1 Å². The van der Waals surface area contributed by atoms with E-state index in [-0.39, 0.29) is 30.3 Å². The summed E-state index contributed by atoms with van der Waals surface area (Å²) < 4.78 is 19.7. The first kappa shape index (κ1) is 19.1. The molecule has 0 radical (unpaired) electrons. The van der Waals surface area contributed by atoms with E-state index in [1.54, 1.807) is 19.1 Å². The number of aromatic hydroxyl groups is 1. The van der Waals surface area contributed by atoms with Crippen LogP contribution in [0, 0.1) is 7.14 Å². The Hall–Kier alpha value is 0.130. The van der Waals surface area contributed by atoms with Gasteiger partial charge in [-0.25, -0.2) is 9.18 Å². The highest BCUT2D eigenvalue weighted by molar-refractivity contribution is 14.1. The summed E-state index contributed by atoms with van der Waals surface area (Å²) in [4.78, 5) is 11.3. The second kappa shape index (κ2) is 8.42. The zero-order valence-corrected chi connectivity index (χ0v) is 15.0. The van der Waals surface area contributed by atoms with E-state index in [0.29, 0.717) is 3.57 Å². The maximum absolute atomic E-state index is 13.8. The molecule has 4 nitrogen and oxygen atoms in total. The molecule has 1 aromatic rings. The standard InChI is InChI=1S/C11H12FI2NO3.ClH/c1-2-18-11(17)8(12)9(15)6-3-5(13)4-7(14)10(6)16;/h3-4,8-9,16H,2,15H2,1H3;1H/t8?,9-;/m0./s1. The highest BCUT2D eigenvalue weighted by Gasteiger charge is 2.30. The van der Waals surface area contributed by atoms with Crippen LogP contribution in [0.4, 0.5) is 4.39 Å². The minimum atomic E-state index is -2.00. The van der Waals surface area contributed by atoms with Crippen LogP contribution in [0.25, 0.3) is 0 Å². The molecule has 19 heavy (non-hydrogen) atoms. The number of hydrogen-bond acceptors (Lipinski definition) is 4. The molecule has 0 aliphatic heterocycles. The van der Waals surface area contributed by atoms with E-state index in [1.807, 2.05) is 45.2 Å². The summed E-state index contributed by atoms with van der Waals surface area (Å²) in [5.41, 5.74) is 5.87. The Bertz CT molecular complexity index is 462. The Kier molecular flexibility index (Phi) is 8.48. The van der Waals surface area contributed by atoms with Gasteiger partial charge in [-0.15, -0.1) is 12.4 Å². The van der Waals surface area contributed by atoms with Gasteiger partial charge in [-0.05, 0) is 64.2 Å². The Labute approximate surface area is 144 Å². The van der Waals surface area contributed by atoms with E-state index in [0.717, 1.165) is 3.57 Å². The Balaban J connectivity index is 0.00000324. The van der Waals surface area contributed by atoms with Crippen LogP contribution < -0.4 is 5.73 Å². The molecule has 0 spiro atoms. The van der Waals surface area contributed by atoms with Crippen LogP contribution in [0.5, 0.6) is 5.75 Å². The number of carbonyl (C=O) groups excluding carboxylic acids is 1. The average molecular weight is 515 g/mol. The first-order chi connectivity index (χ1) is 8.38. The number of rotatable bonds is 4. The van der Waals surface area contributed by atoms with Crippen molar-refractivity contribution in [1.82, 2.24) is 0 Å². The largest absolute Gasteiger partial charge is 0.506 e. The molecule has 1 rings (SSSR count). The highest BCUT2D eigenvalue weighted by Crippen LogP contribution is 2.32. The van der Waals surface area contributed by atoms with Crippen LogP contribution in [-0.4, -0.2) is 23.9 Å². The van der Waals surface area contributed by atoms with Crippen LogP contribution >= 0.6 is 57.6 Å². The van der Waals surface area contributed by atoms with E-state index in [1.165, 1.54) is 0 Å². The van der Waals surface area contributed by atoms with Gasteiger partial charge in [0.2, 0.25) is 6.17 Å². The van der Waals surface area contributed by atoms with Gasteiger partial charge >= 0.3 is 5.97 Å². The Morgan fingerprint density at radius 2 is 2.11 bits per heavy atom. The lowest BCUT2D eigenvalue weighted by Gasteiger charge is -2.18. The second-order valence-electron chi connectivity index (χ2n) is 3.51. The number of carbonyl (C=O) groups is 1. The molecule has 0 saturated heterocycles. The molecule has 0 heterocycles. The Morgan fingerprint density at radius 1 is 1.53 bits per heavy atom. The van der Waals surface area contributed by atoms with Crippen LogP contribution in [0.1, 0.15) is 18.5 Å². The van der Waals surface area contributed by atoms with Gasteiger partial charge in [-0.3, -0.25) is 0 Å². The monoisotopic (exact) mass is 515 g/mol. The number of esters is 1. The van der Waals surface area contributed by atoms with Crippen molar-refractivity contribution in [3.8, 4) is 5.75 Å². The van der Waals surface area contributed by atoms with Crippen molar-refractivity contribution in [1.29, 1.82) is 0 Å². The van der Waals surface area contributed by atoms with Crippen LogP contribution in [0.2, 0.25) is 0 Å². The fraction of sp³-hybridized carbons (Fsp3) is 0.364. The summed E-state index contributed by atoms with van der Waals surface area (Å²) in [7, 11) is 0. The molecule has 108 valence electrons. The van der Waals surface area contributed by atoms with Crippen LogP contribution in [0.3, 0.4) is 0 Å². The summed E-state index contributed by atoms with van der Waals surface area (Å²) in [6, 6.07) is 2.03. The van der Waals surface area contributed by atoms with E-state index in [9.17, 15) is 14.3 Å². The maximum atomic E-state index is 13.8. The third kappa shape index (κ3) is 4.87. The molecule has 0 bridgehead atoms. The third-order valence-corrected chi connectivity index (χ3v) is 3.69. The number of halogens is 4. The smallest absolute Gasteiger partial charge is 0.342 e. The number of ether oxygens (including phenoxy) is 1. The lowest BCUT2D eigenvalue weighted by Crippen LogP contribution is -2.31. The van der Waals surface area contributed by atoms with Gasteiger partial charge in [0.25, 0.3) is 0 Å². The first-order valence-corrected chi connectivity index (χ1v) is 7.28. The Morgan fingerprint density at radius 3 is 2.63 bits per heavy atom. The summed E-state index contributed by atoms with van der Waals surface area (Å²) in [5.74, 6) is -1.12. The number of phenols is 1. The lowest BCUT2D eigenvalue weighted by molar-refractivity contribution is -0.149. The molecule has 1 unspecified atom stereocenters. The van der Waals surface area contributed by atoms with E-state index < -0.39 is 18.2 Å². The van der Waals surface area contributed by atoms with Crippen molar-refractivity contribution in [2.75, 3.05) is 6.61 Å². The third-order valence-electron chi connectivity index (χ3n) is 2.24. The topological polar surface area (TPSA) is 72.5 Å². The minimum Gasteiger partial charge on any atom is -0.506 e. The summed E-state index contributed by atoms with van der Waals surface area (Å²) >= 11 is 3.95. The van der Waals surface area contributed by atoms with Gasteiger partial charge < -0.3 is 15.6 Å². The van der Waals surface area contributed by atoms with Crippen molar-refractivity contribution in [3.05, 3.63) is 24.8 Å². The zero-order chi connectivity index (χ0) is 13.9. The quantitative estimate of drug-likeness (QED) is 0.478. The molecule has 0 amide bonds. The number of phenolic OH excluding ortho intramolecular Hbond substituents is 1. The van der Waals surface area contributed by atoms with Crippen molar-refractivity contribution >= 4 is 63.6 Å². The molecule has 2 atom stereocenters. The van der Waals surface area contributed by atoms with Crippen LogP contribution in [-0.2, 0) is 9.53 Å². The maximum Gasteiger partial charge on any atom is 0.342 e. The SMILES string of the molecule is CCOC(=O)C(F)[C@@H](N)c1cc(I)cc(I)c1O.Cl. The fourth-order valence-corrected chi connectivity index (χ4v) is 3.26. The predicted octanol–water partition coefficient (Wildman–Crippen LogP) is 2.92. The molecule has 3 N–H and O–H groups in total. The van der Waals surface area contributed by atoms with Gasteiger partial charge in [-0.2, -0.15) is 0 Å². The molecule has 0 aliphatic carbocycles. The van der Waals surface area contributed by atoms with Gasteiger partial charge in [0.1, 0.15) is 5.75 Å². The molecular formula is C11H13ClFI2NO3.